The second-order valence-corrected chi connectivity index (χ2v) is 7.54. The van der Waals surface area contributed by atoms with Crippen molar-refractivity contribution in [3.63, 3.8) is 0 Å². The number of imidazole rings is 1. The largest absolute Gasteiger partial charge is 0.321 e. The van der Waals surface area contributed by atoms with Crippen LogP contribution in [0, 0.1) is 13.8 Å². The summed E-state index contributed by atoms with van der Waals surface area (Å²) in [6.07, 6.45) is 5.15. The number of hydrazone groups is 1. The second kappa shape index (κ2) is 7.98. The molecule has 0 unspecified atom stereocenters. The number of rotatable bonds is 6. The fourth-order valence-corrected chi connectivity index (χ4v) is 3.65. The summed E-state index contributed by atoms with van der Waals surface area (Å²) in [5.41, 5.74) is 7.44. The average molecular weight is 403 g/mol. The molecule has 0 aliphatic rings. The van der Waals surface area contributed by atoms with Crippen molar-refractivity contribution >= 4 is 23.2 Å². The van der Waals surface area contributed by atoms with Crippen LogP contribution in [0.1, 0.15) is 36.8 Å². The van der Waals surface area contributed by atoms with Crippen molar-refractivity contribution < 1.29 is 4.79 Å². The molecule has 0 fully saturated rings. The third kappa shape index (κ3) is 3.63. The van der Waals surface area contributed by atoms with Gasteiger partial charge in [-0.1, -0.05) is 12.1 Å². The lowest BCUT2D eigenvalue weighted by Crippen LogP contribution is -2.22. The summed E-state index contributed by atoms with van der Waals surface area (Å²) in [4.78, 5) is 16.6. The minimum atomic E-state index is -0.207. The zero-order chi connectivity index (χ0) is 21.3. The minimum Gasteiger partial charge on any atom is -0.321 e. The van der Waals surface area contributed by atoms with E-state index in [1.807, 2.05) is 61.1 Å². The molecule has 3 heterocycles. The summed E-state index contributed by atoms with van der Waals surface area (Å²) >= 11 is 0. The fourth-order valence-electron chi connectivity index (χ4n) is 3.65. The molecule has 0 aliphatic carbocycles. The maximum Gasteiger partial charge on any atom is 0.260 e. The number of nitrogens with one attached hydrogen (secondary N) is 1. The monoisotopic (exact) mass is 403 g/mol. The Kier molecular flexibility index (Phi) is 5.22. The van der Waals surface area contributed by atoms with E-state index in [0.717, 1.165) is 33.8 Å². The molecule has 3 aromatic heterocycles. The summed E-state index contributed by atoms with van der Waals surface area (Å²) in [7, 11) is 0. The molecule has 0 saturated heterocycles. The average Bonchev–Trinajstić information content (AvgIpc) is 3.41. The first-order valence-electron chi connectivity index (χ1n) is 9.90. The number of para-hydroxylation sites is 2. The quantitative estimate of drug-likeness (QED) is 0.396. The van der Waals surface area contributed by atoms with Crippen molar-refractivity contribution in [1.82, 2.24) is 29.3 Å². The molecule has 8 heteroatoms. The van der Waals surface area contributed by atoms with Crippen LogP contribution >= 0.6 is 0 Å². The van der Waals surface area contributed by atoms with Gasteiger partial charge in [-0.25, -0.2) is 15.1 Å². The van der Waals surface area contributed by atoms with E-state index in [-0.39, 0.29) is 18.5 Å². The third-order valence-electron chi connectivity index (χ3n) is 5.07. The first-order valence-corrected chi connectivity index (χ1v) is 9.90. The van der Waals surface area contributed by atoms with E-state index in [9.17, 15) is 4.79 Å². The lowest BCUT2D eigenvalue weighted by atomic mass is 10.3. The van der Waals surface area contributed by atoms with E-state index in [0.29, 0.717) is 0 Å². The maximum absolute atomic E-state index is 12.3. The lowest BCUT2D eigenvalue weighted by Gasteiger charge is -2.14. The number of carbonyl (C=O) groups excluding carboxylic acids is 1. The number of carbonyl (C=O) groups is 1. The summed E-state index contributed by atoms with van der Waals surface area (Å²) in [5.74, 6) is 0.803. The van der Waals surface area contributed by atoms with Crippen LogP contribution in [0.4, 0.5) is 0 Å². The van der Waals surface area contributed by atoms with Crippen LogP contribution in [-0.4, -0.2) is 36.0 Å². The highest BCUT2D eigenvalue weighted by Crippen LogP contribution is 2.21. The number of nitrogens with zero attached hydrogens (tertiary/aromatic N) is 6. The van der Waals surface area contributed by atoms with Gasteiger partial charge >= 0.3 is 0 Å². The van der Waals surface area contributed by atoms with Crippen LogP contribution in [0.5, 0.6) is 0 Å². The molecular formula is C22H25N7O. The molecule has 1 aromatic carbocycles. The van der Waals surface area contributed by atoms with Crippen molar-refractivity contribution in [2.75, 3.05) is 0 Å². The van der Waals surface area contributed by atoms with E-state index in [1.165, 1.54) is 0 Å². The highest BCUT2D eigenvalue weighted by molar-refractivity contribution is 5.85. The van der Waals surface area contributed by atoms with Crippen molar-refractivity contribution in [2.45, 2.75) is 40.3 Å². The van der Waals surface area contributed by atoms with Crippen molar-refractivity contribution in [3.05, 3.63) is 65.9 Å². The van der Waals surface area contributed by atoms with Gasteiger partial charge in [-0.05, 0) is 45.9 Å². The molecule has 1 amide bonds. The van der Waals surface area contributed by atoms with Gasteiger partial charge in [0.2, 0.25) is 0 Å². The molecule has 154 valence electrons. The van der Waals surface area contributed by atoms with Gasteiger partial charge in [0.1, 0.15) is 12.4 Å². The first kappa shape index (κ1) is 19.6. The maximum atomic E-state index is 12.3. The zero-order valence-corrected chi connectivity index (χ0v) is 17.6. The molecule has 0 spiro atoms. The van der Waals surface area contributed by atoms with E-state index >= 15 is 0 Å². The predicted octanol–water partition coefficient (Wildman–Crippen LogP) is 3.37. The van der Waals surface area contributed by atoms with Gasteiger partial charge in [0.05, 0.1) is 29.8 Å². The molecule has 4 aromatic rings. The number of hydrogen-bond donors (Lipinski definition) is 1. The fraction of sp³-hybridized carbons (Fsp3) is 0.273. The van der Waals surface area contributed by atoms with E-state index < -0.39 is 0 Å². The van der Waals surface area contributed by atoms with E-state index in [4.69, 9.17) is 0 Å². The number of amides is 1. The number of aryl methyl sites for hydroxylation is 1. The molecular weight excluding hydrogens is 378 g/mol. The van der Waals surface area contributed by atoms with Crippen LogP contribution in [-0.2, 0) is 11.3 Å². The van der Waals surface area contributed by atoms with Crippen molar-refractivity contribution in [3.8, 4) is 5.82 Å². The normalized spacial score (nSPS) is 11.8. The Bertz CT molecular complexity index is 1230. The number of benzene rings is 1. The topological polar surface area (TPSA) is 82.0 Å². The van der Waals surface area contributed by atoms with Crippen molar-refractivity contribution in [1.29, 1.82) is 0 Å². The highest BCUT2D eigenvalue weighted by Gasteiger charge is 2.14. The number of aromatic nitrogens is 5. The number of hydrogen-bond acceptors (Lipinski definition) is 4. The van der Waals surface area contributed by atoms with E-state index in [1.54, 1.807) is 17.1 Å². The van der Waals surface area contributed by atoms with Crippen LogP contribution in [0.3, 0.4) is 0 Å². The molecule has 1 N–H and O–H groups in total. The van der Waals surface area contributed by atoms with Crippen LogP contribution in [0.25, 0.3) is 16.9 Å². The Morgan fingerprint density at radius 3 is 2.83 bits per heavy atom. The second-order valence-electron chi connectivity index (χ2n) is 7.54. The Balaban J connectivity index is 1.48. The van der Waals surface area contributed by atoms with Gasteiger partial charge in [-0.15, -0.1) is 0 Å². The van der Waals surface area contributed by atoms with Gasteiger partial charge in [-0.2, -0.15) is 10.2 Å². The van der Waals surface area contributed by atoms with Crippen LogP contribution in [0.2, 0.25) is 0 Å². The molecule has 0 saturated carbocycles. The summed E-state index contributed by atoms with van der Waals surface area (Å²) in [5, 5.41) is 8.59. The highest BCUT2D eigenvalue weighted by atomic mass is 16.2. The Hall–Kier alpha value is -3.68. The SMILES string of the molecule is Cc1cc(/C=N\NC(=O)Cn2cnc3ccccc32)c(C)n1-c1ccnn1C(C)C. The van der Waals surface area contributed by atoms with Gasteiger partial charge in [-0.3, -0.25) is 4.79 Å². The van der Waals surface area contributed by atoms with Gasteiger partial charge in [0.25, 0.3) is 5.91 Å². The molecule has 30 heavy (non-hydrogen) atoms. The molecule has 0 bridgehead atoms. The third-order valence-corrected chi connectivity index (χ3v) is 5.07. The standard InChI is InChI=1S/C22H25N7O/c1-15(2)29-22(9-10-25-29)28-16(3)11-18(17(28)4)12-24-26-21(30)13-27-14-23-19-7-5-6-8-20(19)27/h5-12,14-15H,13H2,1-4H3,(H,26,30)/b24-12-. The van der Waals surface area contributed by atoms with Crippen LogP contribution < -0.4 is 5.43 Å². The molecule has 0 aliphatic heterocycles. The van der Waals surface area contributed by atoms with Crippen molar-refractivity contribution in [2.24, 2.45) is 5.10 Å². The van der Waals surface area contributed by atoms with Crippen LogP contribution in [0.15, 0.2) is 54.0 Å². The number of fused-ring (bicyclic) bond motifs is 1. The summed E-state index contributed by atoms with van der Waals surface area (Å²) in [6.45, 7) is 8.44. The summed E-state index contributed by atoms with van der Waals surface area (Å²) in [6, 6.07) is 12.0. The smallest absolute Gasteiger partial charge is 0.260 e. The molecule has 4 rings (SSSR count). The minimum absolute atomic E-state index is 0.157. The first-order chi connectivity index (χ1) is 14.5. The van der Waals surface area contributed by atoms with Gasteiger partial charge < -0.3 is 9.13 Å². The Labute approximate surface area is 174 Å². The predicted molar refractivity (Wildman–Crippen MR) is 117 cm³/mol. The molecule has 0 atom stereocenters. The Morgan fingerprint density at radius 1 is 1.23 bits per heavy atom. The molecule has 8 nitrogen and oxygen atoms in total. The summed E-state index contributed by atoms with van der Waals surface area (Å²) < 4.78 is 5.94. The zero-order valence-electron chi connectivity index (χ0n) is 17.6. The van der Waals surface area contributed by atoms with Gasteiger partial charge in [0, 0.05) is 29.1 Å². The molecule has 0 radical (unpaired) electrons. The lowest BCUT2D eigenvalue weighted by molar-refractivity contribution is -0.121. The Morgan fingerprint density at radius 2 is 2.03 bits per heavy atom. The van der Waals surface area contributed by atoms with E-state index in [2.05, 4.69) is 39.0 Å². The van der Waals surface area contributed by atoms with Gasteiger partial charge in [0.15, 0.2) is 0 Å².